The van der Waals surface area contributed by atoms with E-state index in [9.17, 15) is 29.3 Å². The van der Waals surface area contributed by atoms with Gasteiger partial charge in [0.25, 0.3) is 0 Å². The minimum atomic E-state index is -0.866. The Morgan fingerprint density at radius 1 is 1.08 bits per heavy atom. The number of carbonyl (C=O) groups is 4. The van der Waals surface area contributed by atoms with E-state index in [0.717, 1.165) is 18.4 Å². The molecule has 2 rings (SSSR count). The lowest BCUT2D eigenvalue weighted by atomic mass is 9.75. The van der Waals surface area contributed by atoms with Crippen molar-refractivity contribution in [1.29, 1.82) is 0 Å². The molecule has 0 aromatic heterocycles. The van der Waals surface area contributed by atoms with Crippen LogP contribution in [0.1, 0.15) is 57.4 Å². The summed E-state index contributed by atoms with van der Waals surface area (Å²) in [7, 11) is 1.23. The highest BCUT2D eigenvalue weighted by molar-refractivity contribution is 5.89. The maximum atomic E-state index is 13.3. The molecule has 37 heavy (non-hydrogen) atoms. The summed E-state index contributed by atoms with van der Waals surface area (Å²) in [5.41, 5.74) is 0.860. The molecule has 0 saturated heterocycles. The van der Waals surface area contributed by atoms with E-state index in [0.29, 0.717) is 25.7 Å². The summed E-state index contributed by atoms with van der Waals surface area (Å²) in [5, 5.41) is 19.7. The number of hydrogen-bond acceptors (Lipinski definition) is 7. The lowest BCUT2D eigenvalue weighted by molar-refractivity contribution is -0.537. The zero-order valence-corrected chi connectivity index (χ0v) is 21.6. The monoisotopic (exact) mass is 518 g/mol. The molecule has 204 valence electrons. The quantitative estimate of drug-likeness (QED) is 0.147. The maximum Gasteiger partial charge on any atom is 0.325 e. The van der Waals surface area contributed by atoms with Crippen LogP contribution in [0, 0.1) is 22.0 Å². The zero-order chi connectivity index (χ0) is 27.2. The highest BCUT2D eigenvalue weighted by Gasteiger charge is 2.42. The van der Waals surface area contributed by atoms with Crippen LogP contribution in [0.5, 0.6) is 0 Å². The van der Waals surface area contributed by atoms with Crippen LogP contribution in [0.25, 0.3) is 0 Å². The van der Waals surface area contributed by atoms with E-state index in [2.05, 4.69) is 20.7 Å². The molecule has 0 spiro atoms. The van der Waals surface area contributed by atoms with Crippen LogP contribution in [-0.4, -0.2) is 60.9 Å². The van der Waals surface area contributed by atoms with Gasteiger partial charge in [-0.15, -0.1) is 0 Å². The molecule has 1 aromatic rings. The van der Waals surface area contributed by atoms with Gasteiger partial charge in [-0.25, -0.2) is 0 Å². The molecule has 0 heterocycles. The molecule has 11 heteroatoms. The number of methoxy groups -OCH3 is 1. The molecule has 0 aliphatic heterocycles. The first-order chi connectivity index (χ1) is 17.8. The number of nitrogens with one attached hydrogen (secondary N) is 3. The molecule has 0 bridgehead atoms. The fourth-order valence-corrected chi connectivity index (χ4v) is 4.81. The van der Waals surface area contributed by atoms with Crippen molar-refractivity contribution >= 4 is 23.7 Å². The summed E-state index contributed by atoms with van der Waals surface area (Å²) in [6.07, 6.45) is 3.86. The summed E-state index contributed by atoms with van der Waals surface area (Å²) < 4.78 is 4.47. The van der Waals surface area contributed by atoms with E-state index >= 15 is 0 Å². The van der Waals surface area contributed by atoms with Crippen molar-refractivity contribution in [2.24, 2.45) is 11.8 Å². The van der Waals surface area contributed by atoms with Crippen molar-refractivity contribution in [3.8, 4) is 0 Å². The number of ether oxygens (including phenoxy) is 1. The molecule has 0 radical (unpaired) electrons. The van der Waals surface area contributed by atoms with Crippen LogP contribution in [0.2, 0.25) is 0 Å². The van der Waals surface area contributed by atoms with E-state index in [4.69, 9.17) is 0 Å². The van der Waals surface area contributed by atoms with Crippen LogP contribution < -0.4 is 16.0 Å². The maximum absolute atomic E-state index is 13.3. The van der Waals surface area contributed by atoms with Crippen LogP contribution in [0.4, 0.5) is 0 Å². The van der Waals surface area contributed by atoms with Crippen molar-refractivity contribution in [3.05, 3.63) is 46.0 Å². The topological polar surface area (TPSA) is 157 Å². The normalized spacial score (nSPS) is 18.6. The van der Waals surface area contributed by atoms with Crippen LogP contribution in [-0.2, 0) is 30.3 Å². The average molecular weight is 519 g/mol. The van der Waals surface area contributed by atoms with Gasteiger partial charge in [-0.1, -0.05) is 43.7 Å². The first-order valence-electron chi connectivity index (χ1n) is 12.9. The number of carbonyl (C=O) groups excluding carboxylic acids is 4. The predicted molar refractivity (Wildman–Crippen MR) is 136 cm³/mol. The summed E-state index contributed by atoms with van der Waals surface area (Å²) >= 11 is 0. The molecule has 1 aromatic carbocycles. The first-order valence-corrected chi connectivity index (χ1v) is 12.9. The van der Waals surface area contributed by atoms with E-state index in [1.807, 2.05) is 37.3 Å². The zero-order valence-electron chi connectivity index (χ0n) is 21.6. The van der Waals surface area contributed by atoms with Crippen LogP contribution in [0.15, 0.2) is 30.3 Å². The van der Waals surface area contributed by atoms with Crippen molar-refractivity contribution in [2.75, 3.05) is 20.2 Å². The summed E-state index contributed by atoms with van der Waals surface area (Å²) in [4.78, 5) is 60.6. The largest absolute Gasteiger partial charge is 0.468 e. The van der Waals surface area contributed by atoms with Gasteiger partial charge < -0.3 is 20.7 Å². The molecular weight excluding hydrogens is 480 g/mol. The fraction of sp³-hybridized carbons (Fsp3) is 0.615. The van der Waals surface area contributed by atoms with E-state index in [1.165, 1.54) is 7.11 Å². The smallest absolute Gasteiger partial charge is 0.325 e. The number of nitrogens with zero attached hydrogens (tertiary/aromatic N) is 1. The Hall–Kier alpha value is -3.50. The molecule has 4 atom stereocenters. The molecule has 1 aliphatic carbocycles. The minimum absolute atomic E-state index is 0.106. The van der Waals surface area contributed by atoms with Gasteiger partial charge in [0.2, 0.25) is 23.8 Å². The van der Waals surface area contributed by atoms with Crippen molar-refractivity contribution < 1.29 is 28.8 Å². The number of rotatable bonds is 14. The van der Waals surface area contributed by atoms with Gasteiger partial charge in [0, 0.05) is 42.6 Å². The Labute approximate surface area is 217 Å². The number of amides is 3. The molecule has 11 nitrogen and oxygen atoms in total. The van der Waals surface area contributed by atoms with Gasteiger partial charge in [-0.3, -0.25) is 29.3 Å². The highest BCUT2D eigenvalue weighted by Crippen LogP contribution is 2.34. The molecule has 1 saturated carbocycles. The van der Waals surface area contributed by atoms with Crippen molar-refractivity contribution in [1.82, 2.24) is 16.0 Å². The SMILES string of the molecule is CC[C@@H](C(=O)N[C@H](Cc1ccccc1)C(=O)NCCCC(=O)NCC(=O)OC)[C@H]1CCCC[C@H]1[N+](=O)[O-]. The standard InChI is InChI=1S/C26H38N4O7/c1-3-19(20-12-7-8-13-22(20)30(35)36)25(33)29-21(16-18-10-5-4-6-11-18)26(34)27-15-9-14-23(31)28-17-24(32)37-2/h4-6,10-11,19-22H,3,7-9,12-17H2,1-2H3,(H,27,34)(H,28,31)(H,29,33)/t19-,20-,21-,22-/m1/s1. The molecule has 1 fully saturated rings. The Kier molecular flexibility index (Phi) is 12.5. The lowest BCUT2D eigenvalue weighted by Crippen LogP contribution is -2.52. The van der Waals surface area contributed by atoms with Gasteiger partial charge in [-0.05, 0) is 31.2 Å². The van der Waals surface area contributed by atoms with Crippen molar-refractivity contribution in [3.63, 3.8) is 0 Å². The van der Waals surface area contributed by atoms with Gasteiger partial charge in [0.05, 0.1) is 7.11 Å². The Morgan fingerprint density at radius 3 is 2.43 bits per heavy atom. The van der Waals surface area contributed by atoms with Gasteiger partial charge >= 0.3 is 5.97 Å². The second-order valence-corrected chi connectivity index (χ2v) is 9.31. The third kappa shape index (κ3) is 9.82. The molecule has 3 N–H and O–H groups in total. The minimum Gasteiger partial charge on any atom is -0.468 e. The number of esters is 1. The van der Waals surface area contributed by atoms with E-state index in [-0.39, 0.29) is 48.6 Å². The van der Waals surface area contributed by atoms with E-state index in [1.54, 1.807) is 0 Å². The summed E-state index contributed by atoms with van der Waals surface area (Å²) in [6, 6.07) is 7.65. The third-order valence-corrected chi connectivity index (χ3v) is 6.80. The number of hydrogen-bond donors (Lipinski definition) is 3. The summed E-state index contributed by atoms with van der Waals surface area (Å²) in [6.45, 7) is 1.83. The Bertz CT molecular complexity index is 925. The number of nitro groups is 1. The first kappa shape index (κ1) is 29.7. The van der Waals surface area contributed by atoms with Gasteiger partial charge in [0.15, 0.2) is 0 Å². The second-order valence-electron chi connectivity index (χ2n) is 9.31. The fourth-order valence-electron chi connectivity index (χ4n) is 4.81. The second kappa shape index (κ2) is 15.6. The Balaban J connectivity index is 2.00. The predicted octanol–water partition coefficient (Wildman–Crippen LogP) is 1.76. The molecular formula is C26H38N4O7. The highest BCUT2D eigenvalue weighted by atomic mass is 16.6. The average Bonchev–Trinajstić information content (AvgIpc) is 2.90. The van der Waals surface area contributed by atoms with Crippen molar-refractivity contribution in [2.45, 2.75) is 70.4 Å². The van der Waals surface area contributed by atoms with Crippen LogP contribution >= 0.6 is 0 Å². The summed E-state index contributed by atoms with van der Waals surface area (Å²) in [5.74, 6) is -2.55. The van der Waals surface area contributed by atoms with Gasteiger partial charge in [-0.2, -0.15) is 0 Å². The van der Waals surface area contributed by atoms with Gasteiger partial charge in [0.1, 0.15) is 12.6 Å². The van der Waals surface area contributed by atoms with Crippen LogP contribution in [0.3, 0.4) is 0 Å². The molecule has 0 unspecified atom stereocenters. The lowest BCUT2D eigenvalue weighted by Gasteiger charge is -2.32. The molecule has 1 aliphatic rings. The molecule has 3 amide bonds. The number of benzene rings is 1. The van der Waals surface area contributed by atoms with E-state index < -0.39 is 29.9 Å². The Morgan fingerprint density at radius 2 is 1.78 bits per heavy atom. The third-order valence-electron chi connectivity index (χ3n) is 6.80.